The summed E-state index contributed by atoms with van der Waals surface area (Å²) >= 11 is 0. The maximum Gasteiger partial charge on any atom is 0.354 e. The SMILES string of the molecule is Cc1cc(C)cc(Oc2coc3cc(OC(=O)/C(C#N)=C/c4ccccc4)ccc3c2=O)c1. The molecule has 0 unspecified atom stereocenters. The molecule has 33 heavy (non-hydrogen) atoms. The van der Waals surface area contributed by atoms with Crippen molar-refractivity contribution in [3.8, 4) is 23.3 Å². The highest BCUT2D eigenvalue weighted by molar-refractivity contribution is 5.99. The summed E-state index contributed by atoms with van der Waals surface area (Å²) in [6.45, 7) is 3.89. The van der Waals surface area contributed by atoms with E-state index in [1.54, 1.807) is 24.3 Å². The fraction of sp³-hybridized carbons (Fsp3) is 0.0741. The predicted octanol–water partition coefficient (Wildman–Crippen LogP) is 5.71. The minimum atomic E-state index is -0.808. The van der Waals surface area contributed by atoms with E-state index in [-0.39, 0.29) is 33.5 Å². The Balaban J connectivity index is 1.58. The fourth-order valence-electron chi connectivity index (χ4n) is 3.36. The number of rotatable bonds is 5. The molecule has 0 fully saturated rings. The zero-order chi connectivity index (χ0) is 23.4. The van der Waals surface area contributed by atoms with Crippen molar-refractivity contribution in [3.63, 3.8) is 0 Å². The molecule has 0 saturated carbocycles. The van der Waals surface area contributed by atoms with Crippen LogP contribution in [-0.4, -0.2) is 5.97 Å². The number of aryl methyl sites for hydroxylation is 2. The third-order valence-corrected chi connectivity index (χ3v) is 4.80. The van der Waals surface area contributed by atoms with Gasteiger partial charge in [-0.1, -0.05) is 36.4 Å². The minimum absolute atomic E-state index is 0.0507. The van der Waals surface area contributed by atoms with Gasteiger partial charge in [-0.15, -0.1) is 0 Å². The average molecular weight is 437 g/mol. The molecule has 0 radical (unpaired) electrons. The molecule has 0 aliphatic heterocycles. The molecular formula is C27H19NO5. The van der Waals surface area contributed by atoms with Gasteiger partial charge in [-0.3, -0.25) is 4.79 Å². The van der Waals surface area contributed by atoms with Gasteiger partial charge in [0.15, 0.2) is 0 Å². The fourth-order valence-corrected chi connectivity index (χ4v) is 3.36. The summed E-state index contributed by atoms with van der Waals surface area (Å²) in [4.78, 5) is 25.3. The van der Waals surface area contributed by atoms with E-state index in [2.05, 4.69) is 0 Å². The van der Waals surface area contributed by atoms with Crippen LogP contribution in [0.1, 0.15) is 16.7 Å². The predicted molar refractivity (Wildman–Crippen MR) is 124 cm³/mol. The zero-order valence-electron chi connectivity index (χ0n) is 18.0. The third-order valence-electron chi connectivity index (χ3n) is 4.80. The highest BCUT2D eigenvalue weighted by Crippen LogP contribution is 2.26. The lowest BCUT2D eigenvalue weighted by molar-refractivity contribution is -0.129. The Morgan fingerprint density at radius 2 is 1.70 bits per heavy atom. The van der Waals surface area contributed by atoms with Crippen molar-refractivity contribution < 1.29 is 18.7 Å². The molecule has 0 aliphatic rings. The summed E-state index contributed by atoms with van der Waals surface area (Å²) < 4.78 is 16.6. The largest absolute Gasteiger partial charge is 0.460 e. The molecule has 1 heterocycles. The van der Waals surface area contributed by atoms with Gasteiger partial charge in [0, 0.05) is 6.07 Å². The Morgan fingerprint density at radius 1 is 0.970 bits per heavy atom. The lowest BCUT2D eigenvalue weighted by Crippen LogP contribution is -2.10. The number of nitrogens with zero attached hydrogens (tertiary/aromatic N) is 1. The van der Waals surface area contributed by atoms with Gasteiger partial charge < -0.3 is 13.9 Å². The van der Waals surface area contributed by atoms with Crippen molar-refractivity contribution in [3.05, 3.63) is 105 Å². The van der Waals surface area contributed by atoms with Gasteiger partial charge in [0.25, 0.3) is 0 Å². The molecule has 6 nitrogen and oxygen atoms in total. The Bertz CT molecular complexity index is 1460. The van der Waals surface area contributed by atoms with Crippen molar-refractivity contribution in [2.45, 2.75) is 13.8 Å². The Kier molecular flexibility index (Phi) is 6.05. The van der Waals surface area contributed by atoms with Crippen LogP contribution in [0, 0.1) is 25.2 Å². The first-order valence-corrected chi connectivity index (χ1v) is 10.1. The molecular weight excluding hydrogens is 418 g/mol. The standard InChI is InChI=1S/C27H19NO5/c1-17-10-18(2)12-22(11-17)32-25-16-31-24-14-21(8-9-23(24)26(25)29)33-27(30)20(15-28)13-19-6-4-3-5-7-19/h3-14,16H,1-2H3/b20-13+. The quantitative estimate of drug-likeness (QED) is 0.172. The molecule has 0 spiro atoms. The summed E-state index contributed by atoms with van der Waals surface area (Å²) in [6.07, 6.45) is 2.67. The second kappa shape index (κ2) is 9.25. The van der Waals surface area contributed by atoms with Crippen molar-refractivity contribution in [2.75, 3.05) is 0 Å². The van der Waals surface area contributed by atoms with Crippen LogP contribution in [0.4, 0.5) is 0 Å². The topological polar surface area (TPSA) is 89.5 Å². The van der Waals surface area contributed by atoms with Crippen LogP contribution in [0.5, 0.6) is 17.2 Å². The van der Waals surface area contributed by atoms with E-state index in [1.807, 2.05) is 44.2 Å². The number of carbonyl (C=O) groups is 1. The summed E-state index contributed by atoms with van der Waals surface area (Å²) in [6, 6.07) is 20.9. The number of fused-ring (bicyclic) bond motifs is 1. The molecule has 0 amide bonds. The minimum Gasteiger partial charge on any atom is -0.460 e. The van der Waals surface area contributed by atoms with E-state index >= 15 is 0 Å². The molecule has 1 aromatic heterocycles. The maximum absolute atomic E-state index is 12.8. The normalized spacial score (nSPS) is 11.1. The lowest BCUT2D eigenvalue weighted by atomic mass is 10.1. The molecule has 4 aromatic rings. The van der Waals surface area contributed by atoms with Crippen molar-refractivity contribution in [1.29, 1.82) is 5.26 Å². The molecule has 0 N–H and O–H groups in total. The molecule has 4 rings (SSSR count). The average Bonchev–Trinajstić information content (AvgIpc) is 2.79. The second-order valence-electron chi connectivity index (χ2n) is 7.48. The van der Waals surface area contributed by atoms with Gasteiger partial charge in [0.2, 0.25) is 11.2 Å². The molecule has 0 aliphatic carbocycles. The van der Waals surface area contributed by atoms with Crippen molar-refractivity contribution in [1.82, 2.24) is 0 Å². The first kappa shape index (κ1) is 21.6. The van der Waals surface area contributed by atoms with Gasteiger partial charge in [0.05, 0.1) is 5.39 Å². The van der Waals surface area contributed by atoms with Crippen molar-refractivity contribution >= 4 is 23.0 Å². The lowest BCUT2D eigenvalue weighted by Gasteiger charge is -2.08. The Hall–Kier alpha value is -4.63. The number of nitriles is 1. The first-order chi connectivity index (χ1) is 15.9. The molecule has 0 saturated heterocycles. The number of esters is 1. The van der Waals surface area contributed by atoms with E-state index < -0.39 is 5.97 Å². The Labute approximate surface area is 189 Å². The number of ether oxygens (including phenoxy) is 2. The molecule has 0 bridgehead atoms. The van der Waals surface area contributed by atoms with Crippen LogP contribution >= 0.6 is 0 Å². The monoisotopic (exact) mass is 437 g/mol. The van der Waals surface area contributed by atoms with Crippen LogP contribution in [0.15, 0.2) is 87.8 Å². The molecule has 6 heteroatoms. The summed E-state index contributed by atoms with van der Waals surface area (Å²) in [5.74, 6) is -0.0700. The number of carbonyl (C=O) groups excluding carboxylic acids is 1. The summed E-state index contributed by atoms with van der Waals surface area (Å²) in [7, 11) is 0. The van der Waals surface area contributed by atoms with Crippen LogP contribution in [-0.2, 0) is 4.79 Å². The van der Waals surface area contributed by atoms with Gasteiger partial charge >= 0.3 is 5.97 Å². The van der Waals surface area contributed by atoms with Gasteiger partial charge in [0.1, 0.15) is 35.0 Å². The highest BCUT2D eigenvalue weighted by atomic mass is 16.5. The van der Waals surface area contributed by atoms with Crippen LogP contribution in [0.3, 0.4) is 0 Å². The number of hydrogen-bond acceptors (Lipinski definition) is 6. The number of hydrogen-bond donors (Lipinski definition) is 0. The van der Waals surface area contributed by atoms with Gasteiger partial charge in [-0.25, -0.2) is 4.79 Å². The summed E-state index contributed by atoms with van der Waals surface area (Å²) in [5, 5.41) is 9.61. The molecule has 0 atom stereocenters. The van der Waals surface area contributed by atoms with Gasteiger partial charge in [-0.05, 0) is 60.9 Å². The van der Waals surface area contributed by atoms with E-state index in [1.165, 1.54) is 30.5 Å². The van der Waals surface area contributed by atoms with Crippen LogP contribution < -0.4 is 14.9 Å². The summed E-state index contributed by atoms with van der Waals surface area (Å²) in [5.41, 5.74) is 2.45. The van der Waals surface area contributed by atoms with E-state index in [4.69, 9.17) is 13.9 Å². The zero-order valence-corrected chi connectivity index (χ0v) is 18.0. The number of benzene rings is 3. The van der Waals surface area contributed by atoms with E-state index in [0.717, 1.165) is 11.1 Å². The highest BCUT2D eigenvalue weighted by Gasteiger charge is 2.15. The van der Waals surface area contributed by atoms with Crippen LogP contribution in [0.25, 0.3) is 17.0 Å². The molecule has 3 aromatic carbocycles. The molecule has 162 valence electrons. The van der Waals surface area contributed by atoms with E-state index in [9.17, 15) is 14.9 Å². The second-order valence-corrected chi connectivity index (χ2v) is 7.48. The Morgan fingerprint density at radius 3 is 2.39 bits per heavy atom. The smallest absolute Gasteiger partial charge is 0.354 e. The van der Waals surface area contributed by atoms with Crippen LogP contribution in [0.2, 0.25) is 0 Å². The third kappa shape index (κ3) is 5.00. The van der Waals surface area contributed by atoms with Crippen molar-refractivity contribution in [2.24, 2.45) is 0 Å². The van der Waals surface area contributed by atoms with E-state index in [0.29, 0.717) is 11.3 Å². The maximum atomic E-state index is 12.8. The van der Waals surface area contributed by atoms with Gasteiger partial charge in [-0.2, -0.15) is 5.26 Å². The first-order valence-electron chi connectivity index (χ1n) is 10.1.